The molecule has 0 aliphatic carbocycles. The molecule has 37 heavy (non-hydrogen) atoms. The van der Waals surface area contributed by atoms with Crippen LogP contribution in [0, 0.1) is 0 Å². The van der Waals surface area contributed by atoms with Crippen LogP contribution in [0.2, 0.25) is 0 Å². The molecule has 0 saturated carbocycles. The number of hydrogen-bond donors (Lipinski definition) is 2. The molecule has 0 heterocycles. The summed E-state index contributed by atoms with van der Waals surface area (Å²) in [6.45, 7) is 5.79. The fourth-order valence-electron chi connectivity index (χ4n) is 2.86. The monoisotopic (exact) mass is 528 g/mol. The van der Waals surface area contributed by atoms with Crippen molar-refractivity contribution in [1.82, 2.24) is 5.32 Å². The van der Waals surface area contributed by atoms with E-state index >= 15 is 0 Å². The highest BCUT2D eigenvalue weighted by Gasteiger charge is 2.04. The molecule has 0 fully saturated rings. The van der Waals surface area contributed by atoms with Gasteiger partial charge in [-0.25, -0.2) is 0 Å². The Hall–Kier alpha value is -3.55. The molecule has 0 radical (unpaired) electrons. The molecule has 0 spiro atoms. The van der Waals surface area contributed by atoms with Gasteiger partial charge in [0.2, 0.25) is 0 Å². The first kappa shape index (κ1) is 33.4. The van der Waals surface area contributed by atoms with Crippen LogP contribution in [-0.2, 0) is 12.8 Å². The predicted molar refractivity (Wildman–Crippen MR) is 150 cm³/mol. The first-order valence-electron chi connectivity index (χ1n) is 12.3. The van der Waals surface area contributed by atoms with Gasteiger partial charge in [-0.2, -0.15) is 0 Å². The SMILES string of the molecule is CCCCc1ccc(C(=O)Cl)cc1.CCCCc1ccc(C(=O)NCCN=[N+]=[N-])cc1.[N-]=[N+]=NCCN. The summed E-state index contributed by atoms with van der Waals surface area (Å²) in [5, 5.41) is 8.80. The number of halogens is 1. The lowest BCUT2D eigenvalue weighted by atomic mass is 10.1. The smallest absolute Gasteiger partial charge is 0.252 e. The van der Waals surface area contributed by atoms with Crippen molar-refractivity contribution in [2.45, 2.75) is 52.4 Å². The summed E-state index contributed by atoms with van der Waals surface area (Å²) in [6.07, 6.45) is 6.84. The van der Waals surface area contributed by atoms with Gasteiger partial charge in [-0.05, 0) is 90.3 Å². The van der Waals surface area contributed by atoms with Crippen LogP contribution in [0.5, 0.6) is 0 Å². The zero-order chi connectivity index (χ0) is 27.7. The number of carbonyl (C=O) groups excluding carboxylic acids is 2. The molecule has 0 aliphatic rings. The first-order chi connectivity index (χ1) is 17.9. The van der Waals surface area contributed by atoms with Crippen molar-refractivity contribution in [2.24, 2.45) is 16.0 Å². The van der Waals surface area contributed by atoms with Crippen LogP contribution in [0.25, 0.3) is 20.9 Å². The zero-order valence-corrected chi connectivity index (χ0v) is 22.4. The topological polar surface area (TPSA) is 170 Å². The standard InChI is InChI=1S/C13H18N4O.C11H13ClO.C2H6N4/c1-2-3-4-11-5-7-12(8-6-11)13(18)15-9-10-16-17-14;1-2-3-4-9-5-7-10(8-6-9)11(12)13;3-1-2-5-6-4/h5-8H,2-4,9-10H2,1H3,(H,15,18);5-8H,2-4H2,1H3;1-3H2. The highest BCUT2D eigenvalue weighted by molar-refractivity contribution is 6.67. The summed E-state index contributed by atoms with van der Waals surface area (Å²) in [5.41, 5.74) is 24.4. The number of amides is 1. The molecular formula is C26H37ClN8O2. The van der Waals surface area contributed by atoms with Crippen molar-refractivity contribution in [2.75, 3.05) is 26.2 Å². The summed E-state index contributed by atoms with van der Waals surface area (Å²) in [5.74, 6) is -0.134. The number of rotatable bonds is 13. The maximum Gasteiger partial charge on any atom is 0.252 e. The van der Waals surface area contributed by atoms with Crippen LogP contribution >= 0.6 is 11.6 Å². The third-order valence-electron chi connectivity index (χ3n) is 4.89. The van der Waals surface area contributed by atoms with Gasteiger partial charge in [-0.1, -0.05) is 61.2 Å². The van der Waals surface area contributed by atoms with Crippen LogP contribution in [0.3, 0.4) is 0 Å². The van der Waals surface area contributed by atoms with E-state index in [0.29, 0.717) is 30.8 Å². The molecule has 0 bridgehead atoms. The molecule has 0 aromatic heterocycles. The van der Waals surface area contributed by atoms with Crippen LogP contribution in [0.1, 0.15) is 71.4 Å². The van der Waals surface area contributed by atoms with Gasteiger partial charge in [0.25, 0.3) is 11.1 Å². The third-order valence-corrected chi connectivity index (χ3v) is 5.11. The molecule has 0 unspecified atom stereocenters. The summed E-state index contributed by atoms with van der Waals surface area (Å²) in [6, 6.07) is 15.1. The molecule has 11 heteroatoms. The van der Waals surface area contributed by atoms with Gasteiger partial charge in [0, 0.05) is 40.6 Å². The average Bonchev–Trinajstić information content (AvgIpc) is 2.93. The number of carbonyl (C=O) groups is 2. The van der Waals surface area contributed by atoms with E-state index in [1.807, 2.05) is 36.4 Å². The highest BCUT2D eigenvalue weighted by Crippen LogP contribution is 2.10. The van der Waals surface area contributed by atoms with Crippen LogP contribution in [0.4, 0.5) is 0 Å². The van der Waals surface area contributed by atoms with Crippen molar-refractivity contribution in [1.29, 1.82) is 0 Å². The zero-order valence-electron chi connectivity index (χ0n) is 21.6. The van der Waals surface area contributed by atoms with E-state index in [4.69, 9.17) is 28.4 Å². The minimum atomic E-state index is -0.387. The quantitative estimate of drug-likeness (QED) is 0.0966. The lowest BCUT2D eigenvalue weighted by Gasteiger charge is -2.04. The lowest BCUT2D eigenvalue weighted by Crippen LogP contribution is -2.25. The van der Waals surface area contributed by atoms with E-state index in [1.165, 1.54) is 30.4 Å². The fourth-order valence-corrected chi connectivity index (χ4v) is 2.98. The Kier molecular flexibility index (Phi) is 20.7. The maximum atomic E-state index is 11.7. The Morgan fingerprint density at radius 3 is 1.68 bits per heavy atom. The molecule has 0 saturated heterocycles. The molecule has 0 aliphatic heterocycles. The minimum absolute atomic E-state index is 0.134. The van der Waals surface area contributed by atoms with Gasteiger partial charge in [0.05, 0.1) is 0 Å². The molecule has 1 amide bonds. The first-order valence-corrected chi connectivity index (χ1v) is 12.7. The van der Waals surface area contributed by atoms with E-state index in [-0.39, 0.29) is 17.7 Å². The normalized spacial score (nSPS) is 9.30. The molecule has 0 atom stereocenters. The van der Waals surface area contributed by atoms with Crippen molar-refractivity contribution >= 4 is 22.8 Å². The molecule has 200 valence electrons. The van der Waals surface area contributed by atoms with E-state index in [9.17, 15) is 9.59 Å². The van der Waals surface area contributed by atoms with Gasteiger partial charge in [0.15, 0.2) is 0 Å². The molecule has 3 N–H and O–H groups in total. The number of nitrogens with zero attached hydrogens (tertiary/aromatic N) is 6. The van der Waals surface area contributed by atoms with E-state index < -0.39 is 0 Å². The summed E-state index contributed by atoms with van der Waals surface area (Å²) in [7, 11) is 0. The summed E-state index contributed by atoms with van der Waals surface area (Å²) >= 11 is 5.32. The number of hydrogen-bond acceptors (Lipinski definition) is 5. The van der Waals surface area contributed by atoms with E-state index in [0.717, 1.165) is 19.3 Å². The minimum Gasteiger partial charge on any atom is -0.352 e. The average molecular weight is 529 g/mol. The summed E-state index contributed by atoms with van der Waals surface area (Å²) < 4.78 is 0. The van der Waals surface area contributed by atoms with E-state index in [2.05, 4.69) is 39.2 Å². The highest BCUT2D eigenvalue weighted by atomic mass is 35.5. The lowest BCUT2D eigenvalue weighted by molar-refractivity contribution is 0.0954. The number of azide groups is 2. The fraction of sp³-hybridized carbons (Fsp3) is 0.462. The second kappa shape index (κ2) is 22.9. The Morgan fingerprint density at radius 2 is 1.30 bits per heavy atom. The Morgan fingerprint density at radius 1 is 0.838 bits per heavy atom. The predicted octanol–water partition coefficient (Wildman–Crippen LogP) is 6.73. The van der Waals surface area contributed by atoms with Gasteiger partial charge < -0.3 is 11.1 Å². The van der Waals surface area contributed by atoms with Crippen molar-refractivity contribution in [3.05, 3.63) is 91.7 Å². The third kappa shape index (κ3) is 17.5. The number of nitrogens with one attached hydrogen (secondary N) is 1. The number of benzene rings is 2. The molecular weight excluding hydrogens is 492 g/mol. The van der Waals surface area contributed by atoms with Crippen LogP contribution < -0.4 is 11.1 Å². The second-order valence-electron chi connectivity index (χ2n) is 7.83. The van der Waals surface area contributed by atoms with Crippen molar-refractivity contribution < 1.29 is 9.59 Å². The number of aryl methyl sites for hydroxylation is 2. The molecule has 2 aromatic rings. The Labute approximate surface area is 223 Å². The Bertz CT molecular complexity index is 1000. The van der Waals surface area contributed by atoms with Crippen molar-refractivity contribution in [3.63, 3.8) is 0 Å². The van der Waals surface area contributed by atoms with Gasteiger partial charge in [-0.15, -0.1) is 0 Å². The van der Waals surface area contributed by atoms with Gasteiger partial charge in [-0.3, -0.25) is 9.59 Å². The van der Waals surface area contributed by atoms with Crippen molar-refractivity contribution in [3.8, 4) is 0 Å². The van der Waals surface area contributed by atoms with Crippen LogP contribution in [-0.4, -0.2) is 37.3 Å². The molecule has 10 nitrogen and oxygen atoms in total. The summed E-state index contributed by atoms with van der Waals surface area (Å²) in [4.78, 5) is 27.5. The van der Waals surface area contributed by atoms with Gasteiger partial charge >= 0.3 is 0 Å². The van der Waals surface area contributed by atoms with E-state index in [1.54, 1.807) is 12.1 Å². The molecule has 2 aromatic carbocycles. The van der Waals surface area contributed by atoms with Gasteiger partial charge in [0.1, 0.15) is 0 Å². The van der Waals surface area contributed by atoms with Crippen LogP contribution in [0.15, 0.2) is 58.8 Å². The number of nitrogens with two attached hydrogens (primary N) is 1. The Balaban J connectivity index is 0.000000594. The largest absolute Gasteiger partial charge is 0.352 e. The maximum absolute atomic E-state index is 11.7. The second-order valence-corrected chi connectivity index (χ2v) is 8.17. The number of unbranched alkanes of at least 4 members (excludes halogenated alkanes) is 2. The molecule has 2 rings (SSSR count).